The van der Waals surface area contributed by atoms with Gasteiger partial charge in [-0.3, -0.25) is 4.79 Å². The predicted octanol–water partition coefficient (Wildman–Crippen LogP) is 0.507. The van der Waals surface area contributed by atoms with Crippen LogP contribution in [0.5, 0.6) is 0 Å². The van der Waals surface area contributed by atoms with E-state index in [1.165, 1.54) is 0 Å². The van der Waals surface area contributed by atoms with Crippen molar-refractivity contribution in [3.63, 3.8) is 0 Å². The molecule has 1 aliphatic heterocycles. The molecule has 1 aliphatic rings. The largest absolute Gasteiger partial charge is 0.338 e. The molecule has 0 radical (unpaired) electrons. The number of amides is 1. The van der Waals surface area contributed by atoms with Crippen molar-refractivity contribution >= 4 is 5.91 Å². The van der Waals surface area contributed by atoms with Crippen molar-refractivity contribution in [1.82, 2.24) is 10.2 Å². The van der Waals surface area contributed by atoms with E-state index in [0.717, 1.165) is 25.2 Å². The Morgan fingerprint density at radius 3 is 2.82 bits per heavy atom. The zero-order valence-electron chi connectivity index (χ0n) is 10.1. The third-order valence-corrected chi connectivity index (χ3v) is 3.11. The molecule has 2 atom stereocenters. The van der Waals surface area contributed by atoms with Crippen molar-refractivity contribution in [2.75, 3.05) is 19.6 Å². The summed E-state index contributed by atoms with van der Waals surface area (Å²) in [5, 5.41) is 3.31. The van der Waals surface area contributed by atoms with Crippen molar-refractivity contribution in [2.45, 2.75) is 19.0 Å². The second-order valence-corrected chi connectivity index (χ2v) is 4.53. The molecule has 1 fully saturated rings. The highest BCUT2D eigenvalue weighted by atomic mass is 16.2. The SMILES string of the molecule is CC1CN(C(=O)C(N)c2ccccc2)CCN1. The van der Waals surface area contributed by atoms with Gasteiger partial charge in [0.2, 0.25) is 5.91 Å². The first-order chi connectivity index (χ1) is 8.18. The van der Waals surface area contributed by atoms with Crippen LogP contribution in [-0.4, -0.2) is 36.5 Å². The zero-order valence-corrected chi connectivity index (χ0v) is 10.1. The van der Waals surface area contributed by atoms with Crippen LogP contribution in [0.4, 0.5) is 0 Å². The van der Waals surface area contributed by atoms with Gasteiger partial charge >= 0.3 is 0 Å². The Hall–Kier alpha value is -1.39. The summed E-state index contributed by atoms with van der Waals surface area (Å²) < 4.78 is 0. The Morgan fingerprint density at radius 1 is 1.47 bits per heavy atom. The molecule has 2 unspecified atom stereocenters. The number of rotatable bonds is 2. The first-order valence-corrected chi connectivity index (χ1v) is 6.01. The van der Waals surface area contributed by atoms with Crippen molar-refractivity contribution in [3.8, 4) is 0 Å². The summed E-state index contributed by atoms with van der Waals surface area (Å²) in [5.41, 5.74) is 6.88. The lowest BCUT2D eigenvalue weighted by molar-refractivity contribution is -0.133. The molecule has 1 saturated heterocycles. The van der Waals surface area contributed by atoms with Gasteiger partial charge in [-0.1, -0.05) is 30.3 Å². The topological polar surface area (TPSA) is 58.4 Å². The van der Waals surface area contributed by atoms with Gasteiger partial charge in [0.1, 0.15) is 6.04 Å². The zero-order chi connectivity index (χ0) is 12.3. The minimum absolute atomic E-state index is 0.0181. The van der Waals surface area contributed by atoms with E-state index < -0.39 is 6.04 Å². The summed E-state index contributed by atoms with van der Waals surface area (Å²) in [6.07, 6.45) is 0. The highest BCUT2D eigenvalue weighted by molar-refractivity contribution is 5.83. The van der Waals surface area contributed by atoms with Gasteiger partial charge in [0.15, 0.2) is 0 Å². The number of nitrogens with zero attached hydrogens (tertiary/aromatic N) is 1. The molecule has 0 spiro atoms. The van der Waals surface area contributed by atoms with Gasteiger partial charge in [0, 0.05) is 25.7 Å². The maximum atomic E-state index is 12.2. The predicted molar refractivity (Wildman–Crippen MR) is 67.4 cm³/mol. The molecule has 0 saturated carbocycles. The Bertz CT molecular complexity index is 380. The summed E-state index contributed by atoms with van der Waals surface area (Å²) in [5.74, 6) is 0.0181. The first-order valence-electron chi connectivity index (χ1n) is 6.01. The minimum atomic E-state index is -0.540. The fourth-order valence-corrected chi connectivity index (χ4v) is 2.13. The summed E-state index contributed by atoms with van der Waals surface area (Å²) >= 11 is 0. The second kappa shape index (κ2) is 5.29. The number of carbonyl (C=O) groups is 1. The molecule has 0 aliphatic carbocycles. The number of hydrogen-bond donors (Lipinski definition) is 2. The van der Waals surface area contributed by atoms with Gasteiger partial charge in [-0.2, -0.15) is 0 Å². The molecular weight excluding hydrogens is 214 g/mol. The second-order valence-electron chi connectivity index (χ2n) is 4.53. The first kappa shape index (κ1) is 12.1. The smallest absolute Gasteiger partial charge is 0.244 e. The van der Waals surface area contributed by atoms with E-state index in [0.29, 0.717) is 6.04 Å². The van der Waals surface area contributed by atoms with Crippen molar-refractivity contribution in [3.05, 3.63) is 35.9 Å². The lowest BCUT2D eigenvalue weighted by Gasteiger charge is -2.33. The van der Waals surface area contributed by atoms with E-state index in [9.17, 15) is 4.79 Å². The van der Waals surface area contributed by atoms with Crippen molar-refractivity contribution < 1.29 is 4.79 Å². The van der Waals surface area contributed by atoms with E-state index >= 15 is 0 Å². The van der Waals surface area contributed by atoms with E-state index in [-0.39, 0.29) is 5.91 Å². The summed E-state index contributed by atoms with van der Waals surface area (Å²) in [6, 6.07) is 9.33. The molecule has 3 N–H and O–H groups in total. The average Bonchev–Trinajstić information content (AvgIpc) is 2.38. The van der Waals surface area contributed by atoms with Gasteiger partial charge in [-0.25, -0.2) is 0 Å². The van der Waals surface area contributed by atoms with E-state index in [1.807, 2.05) is 35.2 Å². The number of benzene rings is 1. The van der Waals surface area contributed by atoms with Crippen LogP contribution in [0, 0.1) is 0 Å². The summed E-state index contributed by atoms with van der Waals surface area (Å²) in [6.45, 7) is 4.39. The van der Waals surface area contributed by atoms with Crippen molar-refractivity contribution in [2.24, 2.45) is 5.73 Å². The van der Waals surface area contributed by atoms with Crippen LogP contribution >= 0.6 is 0 Å². The third-order valence-electron chi connectivity index (χ3n) is 3.11. The fraction of sp³-hybridized carbons (Fsp3) is 0.462. The fourth-order valence-electron chi connectivity index (χ4n) is 2.13. The summed E-state index contributed by atoms with van der Waals surface area (Å²) in [7, 11) is 0. The van der Waals surface area contributed by atoms with Crippen LogP contribution in [0.2, 0.25) is 0 Å². The van der Waals surface area contributed by atoms with E-state index in [2.05, 4.69) is 12.2 Å². The molecule has 2 rings (SSSR count). The number of nitrogens with one attached hydrogen (secondary N) is 1. The van der Waals surface area contributed by atoms with Gasteiger partial charge in [0.25, 0.3) is 0 Å². The highest BCUT2D eigenvalue weighted by Gasteiger charge is 2.25. The molecule has 1 heterocycles. The monoisotopic (exact) mass is 233 g/mol. The maximum absolute atomic E-state index is 12.2. The Morgan fingerprint density at radius 2 is 2.18 bits per heavy atom. The Kier molecular flexibility index (Phi) is 3.76. The van der Waals surface area contributed by atoms with Crippen LogP contribution in [0.3, 0.4) is 0 Å². The van der Waals surface area contributed by atoms with Crippen LogP contribution in [-0.2, 0) is 4.79 Å². The van der Waals surface area contributed by atoms with E-state index in [4.69, 9.17) is 5.73 Å². The number of hydrogen-bond acceptors (Lipinski definition) is 3. The molecular formula is C13H19N3O. The molecule has 4 nitrogen and oxygen atoms in total. The highest BCUT2D eigenvalue weighted by Crippen LogP contribution is 2.13. The molecule has 0 aromatic heterocycles. The van der Waals surface area contributed by atoms with Crippen LogP contribution < -0.4 is 11.1 Å². The van der Waals surface area contributed by atoms with Crippen molar-refractivity contribution in [1.29, 1.82) is 0 Å². The molecule has 1 aromatic carbocycles. The number of piperazine rings is 1. The lowest BCUT2D eigenvalue weighted by Crippen LogP contribution is -2.53. The minimum Gasteiger partial charge on any atom is -0.338 e. The quantitative estimate of drug-likeness (QED) is 0.782. The average molecular weight is 233 g/mol. The van der Waals surface area contributed by atoms with Gasteiger partial charge in [-0.05, 0) is 12.5 Å². The van der Waals surface area contributed by atoms with Gasteiger partial charge in [0.05, 0.1) is 0 Å². The Balaban J connectivity index is 2.04. The molecule has 0 bridgehead atoms. The molecule has 92 valence electrons. The summed E-state index contributed by atoms with van der Waals surface area (Å²) in [4.78, 5) is 14.1. The van der Waals surface area contributed by atoms with Crippen LogP contribution in [0.15, 0.2) is 30.3 Å². The molecule has 1 amide bonds. The van der Waals surface area contributed by atoms with Crippen LogP contribution in [0.1, 0.15) is 18.5 Å². The van der Waals surface area contributed by atoms with E-state index in [1.54, 1.807) is 0 Å². The molecule has 1 aromatic rings. The Labute approximate surface area is 102 Å². The van der Waals surface area contributed by atoms with Crippen LogP contribution in [0.25, 0.3) is 0 Å². The lowest BCUT2D eigenvalue weighted by atomic mass is 10.1. The molecule has 4 heteroatoms. The maximum Gasteiger partial charge on any atom is 0.244 e. The third kappa shape index (κ3) is 2.84. The number of carbonyl (C=O) groups excluding carboxylic acids is 1. The van der Waals surface area contributed by atoms with Gasteiger partial charge < -0.3 is 16.0 Å². The van der Waals surface area contributed by atoms with Gasteiger partial charge in [-0.15, -0.1) is 0 Å². The molecule has 17 heavy (non-hydrogen) atoms. The number of nitrogens with two attached hydrogens (primary N) is 1. The standard InChI is InChI=1S/C13H19N3O/c1-10-9-16(8-7-15-10)13(17)12(14)11-5-3-2-4-6-11/h2-6,10,12,15H,7-9,14H2,1H3. The normalized spacial score (nSPS) is 22.2.